The first-order chi connectivity index (χ1) is 8.17. The van der Waals surface area contributed by atoms with Crippen molar-refractivity contribution in [2.24, 2.45) is 11.8 Å². The van der Waals surface area contributed by atoms with E-state index in [1.165, 1.54) is 19.3 Å². The fourth-order valence-corrected chi connectivity index (χ4v) is 2.45. The van der Waals surface area contributed by atoms with Crippen LogP contribution in [-0.4, -0.2) is 28.5 Å². The fourth-order valence-electron chi connectivity index (χ4n) is 2.29. The van der Waals surface area contributed by atoms with E-state index in [-0.39, 0.29) is 5.28 Å². The van der Waals surface area contributed by atoms with Gasteiger partial charge in [-0.15, -0.1) is 0 Å². The van der Waals surface area contributed by atoms with Crippen molar-refractivity contribution in [2.75, 3.05) is 24.2 Å². The molecule has 1 heterocycles. The smallest absolute Gasteiger partial charge is 0.228 e. The fraction of sp³-hybridized carbons (Fsp3) is 0.727. The lowest BCUT2D eigenvalue weighted by atomic mass is 10.1. The minimum Gasteiger partial charge on any atom is -0.357 e. The van der Waals surface area contributed by atoms with Gasteiger partial charge < -0.3 is 10.6 Å². The molecule has 5 nitrogen and oxygen atoms in total. The van der Waals surface area contributed by atoms with E-state index >= 15 is 0 Å². The first-order valence-corrected chi connectivity index (χ1v) is 6.38. The Balaban J connectivity index is 1.92. The van der Waals surface area contributed by atoms with Crippen LogP contribution in [0.25, 0.3) is 0 Å². The summed E-state index contributed by atoms with van der Waals surface area (Å²) in [7, 11) is 1.76. The number of aromatic nitrogens is 3. The lowest BCUT2D eigenvalue weighted by Crippen LogP contribution is -2.14. The zero-order valence-corrected chi connectivity index (χ0v) is 11.0. The van der Waals surface area contributed by atoms with Gasteiger partial charge in [0.15, 0.2) is 0 Å². The Morgan fingerprint density at radius 1 is 1.24 bits per heavy atom. The van der Waals surface area contributed by atoms with Crippen LogP contribution in [0.1, 0.15) is 26.2 Å². The molecule has 1 fully saturated rings. The molecule has 0 spiro atoms. The summed E-state index contributed by atoms with van der Waals surface area (Å²) in [6.45, 7) is 3.22. The summed E-state index contributed by atoms with van der Waals surface area (Å²) < 4.78 is 0. The van der Waals surface area contributed by atoms with E-state index in [1.54, 1.807) is 7.05 Å². The van der Waals surface area contributed by atoms with E-state index < -0.39 is 0 Å². The zero-order valence-electron chi connectivity index (χ0n) is 10.2. The van der Waals surface area contributed by atoms with Crippen molar-refractivity contribution in [1.29, 1.82) is 0 Å². The minimum atomic E-state index is 0.214. The molecule has 2 N–H and O–H groups in total. The summed E-state index contributed by atoms with van der Waals surface area (Å²) >= 11 is 5.81. The number of anilines is 2. The van der Waals surface area contributed by atoms with Crippen LogP contribution in [0.5, 0.6) is 0 Å². The number of nitrogens with zero attached hydrogens (tertiary/aromatic N) is 3. The maximum absolute atomic E-state index is 5.81. The van der Waals surface area contributed by atoms with Crippen molar-refractivity contribution in [3.8, 4) is 0 Å². The van der Waals surface area contributed by atoms with Gasteiger partial charge >= 0.3 is 0 Å². The molecule has 94 valence electrons. The molecular formula is C11H18ClN5. The molecule has 2 rings (SSSR count). The predicted molar refractivity (Wildman–Crippen MR) is 69.4 cm³/mol. The number of hydrogen-bond donors (Lipinski definition) is 2. The quantitative estimate of drug-likeness (QED) is 0.865. The van der Waals surface area contributed by atoms with Gasteiger partial charge in [-0.25, -0.2) is 0 Å². The summed E-state index contributed by atoms with van der Waals surface area (Å²) in [6.07, 6.45) is 3.89. The van der Waals surface area contributed by atoms with Crippen LogP contribution in [0, 0.1) is 11.8 Å². The van der Waals surface area contributed by atoms with E-state index in [0.717, 1.165) is 18.4 Å². The highest BCUT2D eigenvalue weighted by molar-refractivity contribution is 6.28. The zero-order chi connectivity index (χ0) is 12.3. The molecule has 1 aromatic heterocycles. The Morgan fingerprint density at radius 2 is 2.00 bits per heavy atom. The second-order valence-electron chi connectivity index (χ2n) is 4.67. The van der Waals surface area contributed by atoms with Crippen molar-refractivity contribution < 1.29 is 0 Å². The van der Waals surface area contributed by atoms with Crippen molar-refractivity contribution in [3.63, 3.8) is 0 Å². The van der Waals surface area contributed by atoms with Crippen molar-refractivity contribution in [1.82, 2.24) is 15.0 Å². The highest BCUT2D eigenvalue weighted by Crippen LogP contribution is 2.30. The minimum absolute atomic E-state index is 0.214. The van der Waals surface area contributed by atoms with E-state index in [4.69, 9.17) is 11.6 Å². The number of rotatable bonds is 4. The van der Waals surface area contributed by atoms with Gasteiger partial charge in [0.2, 0.25) is 17.2 Å². The van der Waals surface area contributed by atoms with Crippen molar-refractivity contribution in [3.05, 3.63) is 5.28 Å². The number of halogens is 1. The van der Waals surface area contributed by atoms with Gasteiger partial charge in [0.05, 0.1) is 0 Å². The Labute approximate surface area is 106 Å². The van der Waals surface area contributed by atoms with Gasteiger partial charge in [-0.3, -0.25) is 0 Å². The van der Waals surface area contributed by atoms with Gasteiger partial charge in [-0.2, -0.15) is 15.0 Å². The molecule has 0 radical (unpaired) electrons. The first kappa shape index (κ1) is 12.4. The topological polar surface area (TPSA) is 62.7 Å². The average Bonchev–Trinajstić information content (AvgIpc) is 2.72. The lowest BCUT2D eigenvalue weighted by molar-refractivity contribution is 0.536. The second-order valence-corrected chi connectivity index (χ2v) is 5.00. The Morgan fingerprint density at radius 3 is 2.65 bits per heavy atom. The molecule has 1 aromatic rings. The van der Waals surface area contributed by atoms with E-state index in [0.29, 0.717) is 11.9 Å². The summed E-state index contributed by atoms with van der Waals surface area (Å²) in [4.78, 5) is 12.2. The standard InChI is InChI=1S/C11H18ClN5/c1-7-3-4-8(5-7)6-14-11-16-9(12)15-10(13-2)17-11/h7-8H,3-6H2,1-2H3,(H2,13,14,15,16,17). The largest absolute Gasteiger partial charge is 0.357 e. The number of hydrogen-bond acceptors (Lipinski definition) is 5. The van der Waals surface area contributed by atoms with Crippen LogP contribution in [0.15, 0.2) is 0 Å². The molecule has 1 saturated carbocycles. The van der Waals surface area contributed by atoms with Crippen LogP contribution in [-0.2, 0) is 0 Å². The van der Waals surface area contributed by atoms with Crippen LogP contribution in [0.2, 0.25) is 5.28 Å². The van der Waals surface area contributed by atoms with Crippen LogP contribution in [0.4, 0.5) is 11.9 Å². The summed E-state index contributed by atoms with van der Waals surface area (Å²) in [5.74, 6) is 2.61. The molecule has 0 aromatic carbocycles. The molecule has 2 unspecified atom stereocenters. The maximum atomic E-state index is 5.81. The third kappa shape index (κ3) is 3.43. The molecule has 0 amide bonds. The van der Waals surface area contributed by atoms with E-state index in [1.807, 2.05) is 0 Å². The van der Waals surface area contributed by atoms with Crippen molar-refractivity contribution >= 4 is 23.5 Å². The third-order valence-corrected chi connectivity index (χ3v) is 3.35. The molecule has 17 heavy (non-hydrogen) atoms. The molecule has 2 atom stereocenters. The van der Waals surface area contributed by atoms with Gasteiger partial charge in [0, 0.05) is 13.6 Å². The Hall–Kier alpha value is -1.10. The second kappa shape index (κ2) is 5.49. The summed E-state index contributed by atoms with van der Waals surface area (Å²) in [5, 5.41) is 6.31. The third-order valence-electron chi connectivity index (χ3n) is 3.18. The SMILES string of the molecule is CNc1nc(Cl)nc(NCC2CCC(C)C2)n1. The maximum Gasteiger partial charge on any atom is 0.228 e. The predicted octanol–water partition coefficient (Wildman–Crippen LogP) is 2.41. The average molecular weight is 256 g/mol. The lowest BCUT2D eigenvalue weighted by Gasteiger charge is -2.11. The van der Waals surface area contributed by atoms with Crippen LogP contribution < -0.4 is 10.6 Å². The van der Waals surface area contributed by atoms with Gasteiger partial charge in [-0.1, -0.05) is 13.3 Å². The first-order valence-electron chi connectivity index (χ1n) is 6.00. The Bertz CT molecular complexity index is 384. The molecule has 1 aliphatic carbocycles. The van der Waals surface area contributed by atoms with E-state index in [9.17, 15) is 0 Å². The molecule has 0 saturated heterocycles. The van der Waals surface area contributed by atoms with E-state index in [2.05, 4.69) is 32.5 Å². The summed E-state index contributed by atoms with van der Waals surface area (Å²) in [6, 6.07) is 0. The highest BCUT2D eigenvalue weighted by atomic mass is 35.5. The van der Waals surface area contributed by atoms with Crippen LogP contribution in [0.3, 0.4) is 0 Å². The Kier molecular flexibility index (Phi) is 3.99. The molecule has 0 aliphatic heterocycles. The van der Waals surface area contributed by atoms with Gasteiger partial charge in [-0.05, 0) is 36.3 Å². The monoisotopic (exact) mass is 255 g/mol. The van der Waals surface area contributed by atoms with Gasteiger partial charge in [0.25, 0.3) is 0 Å². The number of nitrogens with one attached hydrogen (secondary N) is 2. The highest BCUT2D eigenvalue weighted by Gasteiger charge is 2.21. The van der Waals surface area contributed by atoms with Gasteiger partial charge in [0.1, 0.15) is 0 Å². The van der Waals surface area contributed by atoms with Crippen LogP contribution >= 0.6 is 11.6 Å². The normalized spacial score (nSPS) is 23.7. The molecular weight excluding hydrogens is 238 g/mol. The molecule has 6 heteroatoms. The molecule has 1 aliphatic rings. The summed E-state index contributed by atoms with van der Waals surface area (Å²) in [5.41, 5.74) is 0. The molecule has 0 bridgehead atoms. The van der Waals surface area contributed by atoms with Crippen molar-refractivity contribution in [2.45, 2.75) is 26.2 Å².